The molecule has 0 fully saturated rings. The second kappa shape index (κ2) is 5.70. The normalized spacial score (nSPS) is 12.0. The summed E-state index contributed by atoms with van der Waals surface area (Å²) in [4.78, 5) is 13.6. The molecule has 0 aliphatic rings. The summed E-state index contributed by atoms with van der Waals surface area (Å²) in [6.45, 7) is 3.83. The van der Waals surface area contributed by atoms with E-state index in [2.05, 4.69) is 6.07 Å². The van der Waals surface area contributed by atoms with Crippen molar-refractivity contribution in [2.24, 2.45) is 5.92 Å². The van der Waals surface area contributed by atoms with Gasteiger partial charge in [-0.1, -0.05) is 25.4 Å². The van der Waals surface area contributed by atoms with Crippen LogP contribution in [0.25, 0.3) is 0 Å². The van der Waals surface area contributed by atoms with Crippen LogP contribution in [0.1, 0.15) is 24.2 Å². The Bertz CT molecular complexity index is 434. The van der Waals surface area contributed by atoms with Crippen molar-refractivity contribution in [2.45, 2.75) is 19.9 Å². The monoisotopic (exact) mass is 250 g/mol. The molecule has 0 spiro atoms. The van der Waals surface area contributed by atoms with Gasteiger partial charge in [-0.2, -0.15) is 5.26 Å². The van der Waals surface area contributed by atoms with Crippen LogP contribution in [-0.4, -0.2) is 23.9 Å². The highest BCUT2D eigenvalue weighted by molar-refractivity contribution is 6.30. The molecule has 0 saturated carbocycles. The standard InChI is InChI=1S/C13H15ClN2O/c1-9(2)12(8-15)16(3)13(17)10-4-6-11(14)7-5-10/h4-7,9,12H,1-3H3. The van der Waals surface area contributed by atoms with Gasteiger partial charge in [0.15, 0.2) is 0 Å². The minimum Gasteiger partial charge on any atom is -0.325 e. The molecular formula is C13H15ClN2O. The Hall–Kier alpha value is -1.53. The number of carbonyl (C=O) groups is 1. The third kappa shape index (κ3) is 3.21. The fourth-order valence-electron chi connectivity index (χ4n) is 1.61. The van der Waals surface area contributed by atoms with Crippen LogP contribution in [0.15, 0.2) is 24.3 Å². The first-order chi connectivity index (χ1) is 7.97. The number of halogens is 1. The van der Waals surface area contributed by atoms with Gasteiger partial charge in [-0.15, -0.1) is 0 Å². The molecule has 1 unspecified atom stereocenters. The van der Waals surface area contributed by atoms with Crippen LogP contribution in [0, 0.1) is 17.2 Å². The Labute approximate surface area is 107 Å². The first-order valence-electron chi connectivity index (χ1n) is 5.39. The second-order valence-corrected chi connectivity index (χ2v) is 4.68. The van der Waals surface area contributed by atoms with Crippen LogP contribution in [0.2, 0.25) is 5.02 Å². The summed E-state index contributed by atoms with van der Waals surface area (Å²) in [6.07, 6.45) is 0. The predicted molar refractivity (Wildman–Crippen MR) is 67.8 cm³/mol. The number of rotatable bonds is 3. The maximum absolute atomic E-state index is 12.1. The quantitative estimate of drug-likeness (QED) is 0.828. The molecule has 1 amide bonds. The molecule has 1 aromatic carbocycles. The fraction of sp³-hybridized carbons (Fsp3) is 0.385. The van der Waals surface area contributed by atoms with Gasteiger partial charge in [0.25, 0.3) is 5.91 Å². The van der Waals surface area contributed by atoms with Crippen LogP contribution >= 0.6 is 11.6 Å². The molecule has 0 aliphatic carbocycles. The summed E-state index contributed by atoms with van der Waals surface area (Å²) in [7, 11) is 1.64. The maximum Gasteiger partial charge on any atom is 0.254 e. The fourth-order valence-corrected chi connectivity index (χ4v) is 1.73. The molecule has 0 heterocycles. The summed E-state index contributed by atoms with van der Waals surface area (Å²) in [6, 6.07) is 8.38. The van der Waals surface area contributed by atoms with Gasteiger partial charge in [0.05, 0.1) is 6.07 Å². The van der Waals surface area contributed by atoms with Crippen LogP contribution in [0.5, 0.6) is 0 Å². The van der Waals surface area contributed by atoms with E-state index in [0.717, 1.165) is 0 Å². The Balaban J connectivity index is 2.90. The summed E-state index contributed by atoms with van der Waals surface area (Å²) in [5.74, 6) is -0.0665. The highest BCUT2D eigenvalue weighted by Gasteiger charge is 2.23. The molecule has 90 valence electrons. The number of hydrogen-bond acceptors (Lipinski definition) is 2. The maximum atomic E-state index is 12.1. The molecule has 0 saturated heterocycles. The third-order valence-corrected chi connectivity index (χ3v) is 2.84. The molecule has 1 aromatic rings. The Kier molecular flexibility index (Phi) is 4.53. The summed E-state index contributed by atoms with van der Waals surface area (Å²) < 4.78 is 0. The van der Waals surface area contributed by atoms with Gasteiger partial charge in [0.1, 0.15) is 6.04 Å². The van der Waals surface area contributed by atoms with Crippen molar-refractivity contribution in [3.05, 3.63) is 34.9 Å². The third-order valence-electron chi connectivity index (χ3n) is 2.59. The van der Waals surface area contributed by atoms with Gasteiger partial charge < -0.3 is 4.90 Å². The smallest absolute Gasteiger partial charge is 0.254 e. The zero-order valence-corrected chi connectivity index (χ0v) is 10.9. The summed E-state index contributed by atoms with van der Waals surface area (Å²) in [5.41, 5.74) is 0.540. The lowest BCUT2D eigenvalue weighted by molar-refractivity contribution is 0.0736. The molecule has 17 heavy (non-hydrogen) atoms. The van der Waals surface area contributed by atoms with Crippen molar-refractivity contribution in [1.29, 1.82) is 5.26 Å². The number of benzene rings is 1. The minimum absolute atomic E-state index is 0.0984. The van der Waals surface area contributed by atoms with E-state index in [1.807, 2.05) is 13.8 Å². The van der Waals surface area contributed by atoms with Gasteiger partial charge in [-0.05, 0) is 30.2 Å². The number of nitrogens with zero attached hydrogens (tertiary/aromatic N) is 2. The second-order valence-electron chi connectivity index (χ2n) is 4.24. The molecule has 1 rings (SSSR count). The molecule has 3 nitrogen and oxygen atoms in total. The first-order valence-corrected chi connectivity index (χ1v) is 5.77. The van der Waals surface area contributed by atoms with Gasteiger partial charge in [-0.3, -0.25) is 4.79 Å². The number of nitriles is 1. The highest BCUT2D eigenvalue weighted by atomic mass is 35.5. The van der Waals surface area contributed by atoms with Crippen molar-refractivity contribution in [1.82, 2.24) is 4.90 Å². The lowest BCUT2D eigenvalue weighted by Crippen LogP contribution is -2.39. The van der Waals surface area contributed by atoms with Crippen molar-refractivity contribution >= 4 is 17.5 Å². The van der Waals surface area contributed by atoms with Crippen molar-refractivity contribution in [2.75, 3.05) is 7.05 Å². The van der Waals surface area contributed by atoms with E-state index in [0.29, 0.717) is 10.6 Å². The average molecular weight is 251 g/mol. The molecule has 0 radical (unpaired) electrons. The van der Waals surface area contributed by atoms with E-state index in [1.54, 1.807) is 31.3 Å². The van der Waals surface area contributed by atoms with Crippen LogP contribution in [-0.2, 0) is 0 Å². The van der Waals surface area contributed by atoms with E-state index in [9.17, 15) is 4.79 Å². The van der Waals surface area contributed by atoms with Crippen molar-refractivity contribution in [3.8, 4) is 6.07 Å². The van der Waals surface area contributed by atoms with Crippen LogP contribution < -0.4 is 0 Å². The molecule has 0 bridgehead atoms. The molecule has 4 heteroatoms. The van der Waals surface area contributed by atoms with E-state index in [1.165, 1.54) is 4.90 Å². The summed E-state index contributed by atoms with van der Waals surface area (Å²) >= 11 is 5.76. The highest BCUT2D eigenvalue weighted by Crippen LogP contribution is 2.14. The van der Waals surface area contributed by atoms with E-state index < -0.39 is 6.04 Å². The molecular weight excluding hydrogens is 236 g/mol. The van der Waals surface area contributed by atoms with E-state index in [4.69, 9.17) is 16.9 Å². The lowest BCUT2D eigenvalue weighted by atomic mass is 10.0. The van der Waals surface area contributed by atoms with Gasteiger partial charge in [0.2, 0.25) is 0 Å². The molecule has 0 aliphatic heterocycles. The largest absolute Gasteiger partial charge is 0.325 e. The first kappa shape index (κ1) is 13.5. The van der Waals surface area contributed by atoms with E-state index in [-0.39, 0.29) is 11.8 Å². The Morgan fingerprint density at radius 2 is 1.88 bits per heavy atom. The average Bonchev–Trinajstić information content (AvgIpc) is 2.29. The molecule has 1 atom stereocenters. The number of carbonyl (C=O) groups excluding carboxylic acids is 1. The zero-order chi connectivity index (χ0) is 13.0. The number of amides is 1. The SMILES string of the molecule is CC(C)C(C#N)N(C)C(=O)c1ccc(Cl)cc1. The molecule has 0 aromatic heterocycles. The lowest BCUT2D eigenvalue weighted by Gasteiger charge is -2.25. The van der Waals surface area contributed by atoms with Crippen molar-refractivity contribution in [3.63, 3.8) is 0 Å². The minimum atomic E-state index is -0.418. The summed E-state index contributed by atoms with van der Waals surface area (Å²) in [5, 5.41) is 9.63. The van der Waals surface area contributed by atoms with Gasteiger partial charge in [-0.25, -0.2) is 0 Å². The molecule has 0 N–H and O–H groups in total. The topological polar surface area (TPSA) is 44.1 Å². The Morgan fingerprint density at radius 3 is 2.29 bits per heavy atom. The van der Waals surface area contributed by atoms with Crippen molar-refractivity contribution < 1.29 is 4.79 Å². The van der Waals surface area contributed by atoms with Gasteiger partial charge in [0, 0.05) is 17.6 Å². The van der Waals surface area contributed by atoms with Gasteiger partial charge >= 0.3 is 0 Å². The number of hydrogen-bond donors (Lipinski definition) is 0. The predicted octanol–water partition coefficient (Wildman–Crippen LogP) is 2.96. The van der Waals surface area contributed by atoms with E-state index >= 15 is 0 Å². The van der Waals surface area contributed by atoms with Crippen LogP contribution in [0.3, 0.4) is 0 Å². The Morgan fingerprint density at radius 1 is 1.35 bits per heavy atom. The van der Waals surface area contributed by atoms with Crippen LogP contribution in [0.4, 0.5) is 0 Å². The zero-order valence-electron chi connectivity index (χ0n) is 10.1.